The lowest BCUT2D eigenvalue weighted by molar-refractivity contribution is -0.137. The van der Waals surface area contributed by atoms with Crippen LogP contribution in [0.4, 0.5) is 30.6 Å². The van der Waals surface area contributed by atoms with E-state index in [1.54, 1.807) is 31.6 Å². The summed E-state index contributed by atoms with van der Waals surface area (Å²) in [5, 5.41) is 20.0. The number of nitrogens with zero attached hydrogens (tertiary/aromatic N) is 4. The molecule has 150 valence electrons. The SMILES string of the molecule is CCNc1nc(Nc2cn(CC(C)(C)O)nc2C(C)C)ncc1C(F)(F)F. The molecule has 0 aliphatic rings. The lowest BCUT2D eigenvalue weighted by Gasteiger charge is -2.16. The van der Waals surface area contributed by atoms with E-state index in [0.717, 1.165) is 6.20 Å². The average molecular weight is 386 g/mol. The smallest absolute Gasteiger partial charge is 0.389 e. The van der Waals surface area contributed by atoms with Gasteiger partial charge in [0.1, 0.15) is 11.4 Å². The number of aliphatic hydroxyl groups is 1. The maximum Gasteiger partial charge on any atom is 0.421 e. The van der Waals surface area contributed by atoms with Gasteiger partial charge in [0.15, 0.2) is 0 Å². The number of anilines is 3. The number of alkyl halides is 3. The highest BCUT2D eigenvalue weighted by molar-refractivity contribution is 5.59. The van der Waals surface area contributed by atoms with Crippen LogP contribution in [0.2, 0.25) is 0 Å². The minimum absolute atomic E-state index is 0.0312. The molecule has 0 radical (unpaired) electrons. The molecule has 3 N–H and O–H groups in total. The summed E-state index contributed by atoms with van der Waals surface area (Å²) in [7, 11) is 0. The number of aromatic nitrogens is 4. The molecule has 0 atom stereocenters. The summed E-state index contributed by atoms with van der Waals surface area (Å²) in [5.41, 5.74) is -0.596. The topological polar surface area (TPSA) is 87.9 Å². The molecule has 0 aliphatic carbocycles. The first-order chi connectivity index (χ1) is 12.4. The van der Waals surface area contributed by atoms with E-state index in [9.17, 15) is 18.3 Å². The number of halogens is 3. The van der Waals surface area contributed by atoms with Crippen molar-refractivity contribution >= 4 is 17.5 Å². The molecule has 2 heterocycles. The third-order valence-electron chi connectivity index (χ3n) is 3.57. The van der Waals surface area contributed by atoms with Crippen molar-refractivity contribution in [2.45, 2.75) is 58.9 Å². The van der Waals surface area contributed by atoms with Crippen molar-refractivity contribution in [2.75, 3.05) is 17.2 Å². The Morgan fingerprint density at radius 2 is 1.93 bits per heavy atom. The van der Waals surface area contributed by atoms with Gasteiger partial charge in [-0.15, -0.1) is 0 Å². The van der Waals surface area contributed by atoms with Crippen molar-refractivity contribution in [2.24, 2.45) is 0 Å². The third kappa shape index (κ3) is 5.56. The maximum atomic E-state index is 13.1. The van der Waals surface area contributed by atoms with E-state index in [1.807, 2.05) is 13.8 Å². The van der Waals surface area contributed by atoms with E-state index >= 15 is 0 Å². The first-order valence-corrected chi connectivity index (χ1v) is 8.65. The van der Waals surface area contributed by atoms with Gasteiger partial charge in [0, 0.05) is 18.9 Å². The maximum absolute atomic E-state index is 13.1. The fourth-order valence-electron chi connectivity index (χ4n) is 2.51. The van der Waals surface area contributed by atoms with E-state index in [4.69, 9.17) is 0 Å². The zero-order valence-corrected chi connectivity index (χ0v) is 16.0. The molecule has 0 aliphatic heterocycles. The second kappa shape index (κ2) is 7.71. The van der Waals surface area contributed by atoms with Crippen molar-refractivity contribution in [3.63, 3.8) is 0 Å². The first kappa shape index (κ1) is 20.9. The predicted octanol–water partition coefficient (Wildman–Crippen LogP) is 3.76. The molecule has 2 aromatic heterocycles. The highest BCUT2D eigenvalue weighted by Gasteiger charge is 2.35. The fourth-order valence-corrected chi connectivity index (χ4v) is 2.51. The van der Waals surface area contributed by atoms with Gasteiger partial charge in [0.05, 0.1) is 23.5 Å². The van der Waals surface area contributed by atoms with E-state index in [1.165, 1.54) is 0 Å². The molecule has 0 saturated carbocycles. The van der Waals surface area contributed by atoms with Crippen LogP contribution in [0.5, 0.6) is 0 Å². The van der Waals surface area contributed by atoms with Crippen molar-refractivity contribution in [3.8, 4) is 0 Å². The van der Waals surface area contributed by atoms with Crippen LogP contribution in [-0.4, -0.2) is 37.0 Å². The molecular formula is C17H25F3N6O. The van der Waals surface area contributed by atoms with Gasteiger partial charge in [-0.25, -0.2) is 4.98 Å². The molecule has 27 heavy (non-hydrogen) atoms. The molecule has 0 fully saturated rings. The molecule has 7 nitrogen and oxygen atoms in total. The van der Waals surface area contributed by atoms with Gasteiger partial charge in [-0.2, -0.15) is 23.3 Å². The minimum atomic E-state index is -4.54. The Morgan fingerprint density at radius 3 is 2.44 bits per heavy atom. The Kier molecular flexibility index (Phi) is 5.98. The van der Waals surface area contributed by atoms with Crippen LogP contribution in [0, 0.1) is 0 Å². The van der Waals surface area contributed by atoms with Gasteiger partial charge in [-0.1, -0.05) is 13.8 Å². The van der Waals surface area contributed by atoms with Gasteiger partial charge in [-0.05, 0) is 26.7 Å². The Hall–Kier alpha value is -2.36. The number of hydrogen-bond acceptors (Lipinski definition) is 6. The fraction of sp³-hybridized carbons (Fsp3) is 0.588. The van der Waals surface area contributed by atoms with Crippen molar-refractivity contribution < 1.29 is 18.3 Å². The number of hydrogen-bond donors (Lipinski definition) is 3. The average Bonchev–Trinajstić information content (AvgIpc) is 2.87. The third-order valence-corrected chi connectivity index (χ3v) is 3.57. The van der Waals surface area contributed by atoms with Crippen LogP contribution in [0.15, 0.2) is 12.4 Å². The molecule has 10 heteroatoms. The summed E-state index contributed by atoms with van der Waals surface area (Å²) in [5.74, 6) is -0.195. The molecule has 2 rings (SSSR count). The molecule has 2 aromatic rings. The van der Waals surface area contributed by atoms with Crippen LogP contribution >= 0.6 is 0 Å². The second-order valence-electron chi connectivity index (χ2n) is 7.20. The van der Waals surface area contributed by atoms with Gasteiger partial charge in [0.2, 0.25) is 5.95 Å². The van der Waals surface area contributed by atoms with Crippen molar-refractivity contribution in [1.82, 2.24) is 19.7 Å². The van der Waals surface area contributed by atoms with Gasteiger partial charge >= 0.3 is 6.18 Å². The summed E-state index contributed by atoms with van der Waals surface area (Å²) >= 11 is 0. The van der Waals surface area contributed by atoms with Crippen LogP contribution in [0.1, 0.15) is 51.8 Å². The largest absolute Gasteiger partial charge is 0.421 e. The lowest BCUT2D eigenvalue weighted by atomic mass is 10.1. The summed E-state index contributed by atoms with van der Waals surface area (Å²) in [6.45, 7) is 9.47. The zero-order valence-electron chi connectivity index (χ0n) is 16.0. The monoisotopic (exact) mass is 386 g/mol. The Morgan fingerprint density at radius 1 is 1.26 bits per heavy atom. The zero-order chi connectivity index (χ0) is 20.4. The molecule has 0 spiro atoms. The second-order valence-corrected chi connectivity index (χ2v) is 7.20. The van der Waals surface area contributed by atoms with Crippen molar-refractivity contribution in [3.05, 3.63) is 23.7 Å². The van der Waals surface area contributed by atoms with Crippen LogP contribution in [-0.2, 0) is 12.7 Å². The summed E-state index contributed by atoms with van der Waals surface area (Å²) in [4.78, 5) is 7.77. The van der Waals surface area contributed by atoms with E-state index in [-0.39, 0.29) is 24.2 Å². The summed E-state index contributed by atoms with van der Waals surface area (Å²) < 4.78 is 40.8. The standard InChI is InChI=1S/C17H25F3N6O/c1-6-21-14-11(17(18,19)20)7-22-15(24-14)23-12-8-26(9-16(4,5)27)25-13(12)10(2)3/h7-8,10,27H,6,9H2,1-5H3,(H2,21,22,23,24). The van der Waals surface area contributed by atoms with Gasteiger partial charge in [-0.3, -0.25) is 4.68 Å². The molecule has 0 saturated heterocycles. The highest BCUT2D eigenvalue weighted by Crippen LogP contribution is 2.34. The van der Waals surface area contributed by atoms with E-state index in [2.05, 4.69) is 25.7 Å². The summed E-state index contributed by atoms with van der Waals surface area (Å²) in [6, 6.07) is 0. The molecule has 0 bridgehead atoms. The lowest BCUT2D eigenvalue weighted by Crippen LogP contribution is -2.26. The summed E-state index contributed by atoms with van der Waals surface area (Å²) in [6.07, 6.45) is -2.11. The Labute approximate surface area is 156 Å². The number of nitrogens with one attached hydrogen (secondary N) is 2. The first-order valence-electron chi connectivity index (χ1n) is 8.65. The number of rotatable bonds is 7. The van der Waals surface area contributed by atoms with Crippen LogP contribution in [0.3, 0.4) is 0 Å². The van der Waals surface area contributed by atoms with Crippen molar-refractivity contribution in [1.29, 1.82) is 0 Å². The minimum Gasteiger partial charge on any atom is -0.389 e. The Balaban J connectivity index is 2.37. The normalized spacial score (nSPS) is 12.5. The van der Waals surface area contributed by atoms with Gasteiger partial charge in [0.25, 0.3) is 0 Å². The molecule has 0 aromatic carbocycles. The van der Waals surface area contributed by atoms with Crippen LogP contribution < -0.4 is 10.6 Å². The highest BCUT2D eigenvalue weighted by atomic mass is 19.4. The molecular weight excluding hydrogens is 361 g/mol. The molecule has 0 amide bonds. The van der Waals surface area contributed by atoms with E-state index in [0.29, 0.717) is 17.9 Å². The predicted molar refractivity (Wildman–Crippen MR) is 97.1 cm³/mol. The Bertz CT molecular complexity index is 780. The molecule has 0 unspecified atom stereocenters. The van der Waals surface area contributed by atoms with E-state index < -0.39 is 17.3 Å². The van der Waals surface area contributed by atoms with Gasteiger partial charge < -0.3 is 15.7 Å². The quantitative estimate of drug-likeness (QED) is 0.672. The van der Waals surface area contributed by atoms with Crippen LogP contribution in [0.25, 0.3) is 0 Å².